The summed E-state index contributed by atoms with van der Waals surface area (Å²) >= 11 is 5.79. The number of benzene rings is 1. The lowest BCUT2D eigenvalue weighted by Gasteiger charge is -2.05. The Balaban J connectivity index is 2.23. The van der Waals surface area contributed by atoms with E-state index >= 15 is 0 Å². The molecule has 0 fully saturated rings. The topological polar surface area (TPSA) is 65.1 Å². The monoisotopic (exact) mass is 306 g/mol. The van der Waals surface area contributed by atoms with Crippen molar-refractivity contribution in [2.24, 2.45) is 0 Å². The van der Waals surface area contributed by atoms with Crippen LogP contribution in [0.1, 0.15) is 35.7 Å². The van der Waals surface area contributed by atoms with Gasteiger partial charge in [-0.2, -0.15) is 0 Å². The number of carbonyl (C=O) groups excluding carboxylic acids is 1. The summed E-state index contributed by atoms with van der Waals surface area (Å²) in [5.41, 5.74) is 1.17. The van der Waals surface area contributed by atoms with E-state index in [1.165, 1.54) is 6.07 Å². The van der Waals surface area contributed by atoms with Gasteiger partial charge in [0.15, 0.2) is 5.78 Å². The highest BCUT2D eigenvalue weighted by Crippen LogP contribution is 2.24. The van der Waals surface area contributed by atoms with E-state index in [0.29, 0.717) is 29.1 Å². The van der Waals surface area contributed by atoms with Crippen LogP contribution in [-0.2, 0) is 6.54 Å². The number of nitro benzene ring substituents is 1. The first-order valence-electron chi connectivity index (χ1n) is 6.63. The van der Waals surface area contributed by atoms with Gasteiger partial charge in [-0.15, -0.1) is 0 Å². The molecule has 1 aromatic heterocycles. The van der Waals surface area contributed by atoms with Gasteiger partial charge in [0.2, 0.25) is 0 Å². The molecule has 110 valence electrons. The number of rotatable bonds is 6. The predicted octanol–water partition coefficient (Wildman–Crippen LogP) is 4.08. The van der Waals surface area contributed by atoms with E-state index in [1.54, 1.807) is 35.2 Å². The number of hydrogen-bond acceptors (Lipinski definition) is 3. The quantitative estimate of drug-likeness (QED) is 0.459. The maximum absolute atomic E-state index is 11.8. The highest BCUT2D eigenvalue weighted by Gasteiger charge is 2.15. The number of aromatic nitrogens is 1. The lowest BCUT2D eigenvalue weighted by molar-refractivity contribution is -0.385. The maximum Gasteiger partial charge on any atom is 0.275 e. The Labute approximate surface area is 127 Å². The first-order valence-corrected chi connectivity index (χ1v) is 7.01. The van der Waals surface area contributed by atoms with Crippen molar-refractivity contribution in [2.75, 3.05) is 0 Å². The zero-order valence-corrected chi connectivity index (χ0v) is 12.3. The number of ketones is 1. The smallest absolute Gasteiger partial charge is 0.275 e. The molecular formula is C15H15ClN2O3. The van der Waals surface area contributed by atoms with Crippen molar-refractivity contribution in [2.45, 2.75) is 26.3 Å². The molecule has 2 aromatic rings. The molecule has 0 unspecified atom stereocenters. The van der Waals surface area contributed by atoms with Crippen LogP contribution in [0.15, 0.2) is 36.7 Å². The minimum absolute atomic E-state index is 0.0161. The molecule has 5 nitrogen and oxygen atoms in total. The van der Waals surface area contributed by atoms with Crippen LogP contribution >= 0.6 is 11.6 Å². The summed E-state index contributed by atoms with van der Waals surface area (Å²) in [5.74, 6) is 0.0851. The molecule has 0 aliphatic heterocycles. The van der Waals surface area contributed by atoms with E-state index in [9.17, 15) is 14.9 Å². The second-order valence-corrected chi connectivity index (χ2v) is 5.21. The summed E-state index contributed by atoms with van der Waals surface area (Å²) < 4.78 is 1.76. The number of halogens is 1. The third-order valence-electron chi connectivity index (χ3n) is 3.15. The summed E-state index contributed by atoms with van der Waals surface area (Å²) in [6, 6.07) is 6.33. The van der Waals surface area contributed by atoms with Gasteiger partial charge in [0.25, 0.3) is 5.69 Å². The zero-order chi connectivity index (χ0) is 15.4. The maximum atomic E-state index is 11.8. The molecule has 21 heavy (non-hydrogen) atoms. The van der Waals surface area contributed by atoms with Crippen LogP contribution in [0.25, 0.3) is 0 Å². The van der Waals surface area contributed by atoms with Gasteiger partial charge in [-0.3, -0.25) is 14.9 Å². The number of hydrogen-bond donors (Lipinski definition) is 0. The molecule has 2 rings (SSSR count). The van der Waals surface area contributed by atoms with E-state index in [0.717, 1.165) is 6.42 Å². The minimum atomic E-state index is -0.451. The molecule has 0 aliphatic rings. The molecule has 1 aromatic carbocycles. The van der Waals surface area contributed by atoms with Crippen LogP contribution in [0.5, 0.6) is 0 Å². The lowest BCUT2D eigenvalue weighted by atomic mass is 10.1. The van der Waals surface area contributed by atoms with Crippen LogP contribution < -0.4 is 0 Å². The van der Waals surface area contributed by atoms with Crippen LogP contribution in [0, 0.1) is 10.1 Å². The van der Waals surface area contributed by atoms with Crippen molar-refractivity contribution < 1.29 is 9.72 Å². The van der Waals surface area contributed by atoms with Gasteiger partial charge in [-0.05, 0) is 24.6 Å². The Bertz CT molecular complexity index is 679. The van der Waals surface area contributed by atoms with Gasteiger partial charge in [0.05, 0.1) is 11.5 Å². The minimum Gasteiger partial charge on any atom is -0.349 e. The summed E-state index contributed by atoms with van der Waals surface area (Å²) in [6.07, 6.45) is 4.77. The van der Waals surface area contributed by atoms with Crippen molar-refractivity contribution in [3.63, 3.8) is 0 Å². The normalized spacial score (nSPS) is 10.6. The first kappa shape index (κ1) is 15.3. The second-order valence-electron chi connectivity index (χ2n) is 4.78. The molecule has 0 aliphatic carbocycles. The molecule has 0 atom stereocenters. The van der Waals surface area contributed by atoms with Gasteiger partial charge in [-0.25, -0.2) is 0 Å². The van der Waals surface area contributed by atoms with Crippen LogP contribution in [0.3, 0.4) is 0 Å². The number of nitro groups is 1. The SMILES string of the molecule is CCCC(=O)c1ccn(Cc2ccc(Cl)cc2[N+](=O)[O-])c1. The van der Waals surface area contributed by atoms with Crippen molar-refractivity contribution in [3.8, 4) is 0 Å². The average Bonchev–Trinajstić information content (AvgIpc) is 2.89. The standard InChI is InChI=1S/C15H15ClN2O3/c1-2-3-15(19)12-6-7-17(10-12)9-11-4-5-13(16)8-14(11)18(20)21/h4-8,10H,2-3,9H2,1H3. The Morgan fingerprint density at radius 3 is 2.81 bits per heavy atom. The first-order chi connectivity index (χ1) is 10.0. The highest BCUT2D eigenvalue weighted by molar-refractivity contribution is 6.30. The summed E-state index contributed by atoms with van der Waals surface area (Å²) in [6.45, 7) is 2.28. The van der Waals surface area contributed by atoms with E-state index in [4.69, 9.17) is 11.6 Å². The van der Waals surface area contributed by atoms with E-state index in [1.807, 2.05) is 6.92 Å². The van der Waals surface area contributed by atoms with E-state index < -0.39 is 4.92 Å². The van der Waals surface area contributed by atoms with Crippen molar-refractivity contribution in [3.05, 3.63) is 62.9 Å². The molecular weight excluding hydrogens is 292 g/mol. The van der Waals surface area contributed by atoms with Gasteiger partial charge in [-0.1, -0.05) is 18.5 Å². The molecule has 0 radical (unpaired) electrons. The van der Waals surface area contributed by atoms with Crippen LogP contribution in [0.4, 0.5) is 5.69 Å². The van der Waals surface area contributed by atoms with Crippen molar-refractivity contribution in [1.82, 2.24) is 4.57 Å². The average molecular weight is 307 g/mol. The van der Waals surface area contributed by atoms with Crippen LogP contribution in [0.2, 0.25) is 5.02 Å². The van der Waals surface area contributed by atoms with E-state index in [2.05, 4.69) is 0 Å². The van der Waals surface area contributed by atoms with Crippen molar-refractivity contribution >= 4 is 23.1 Å². The fourth-order valence-electron chi connectivity index (χ4n) is 2.11. The van der Waals surface area contributed by atoms with Crippen LogP contribution in [-0.4, -0.2) is 15.3 Å². The molecule has 0 bridgehead atoms. The molecule has 0 saturated carbocycles. The van der Waals surface area contributed by atoms with Gasteiger partial charge >= 0.3 is 0 Å². The molecule has 0 amide bonds. The predicted molar refractivity (Wildman–Crippen MR) is 80.9 cm³/mol. The second kappa shape index (κ2) is 6.54. The molecule has 6 heteroatoms. The van der Waals surface area contributed by atoms with Gasteiger partial charge in [0.1, 0.15) is 0 Å². The Morgan fingerprint density at radius 1 is 1.38 bits per heavy atom. The summed E-state index contributed by atoms with van der Waals surface area (Å²) in [4.78, 5) is 22.4. The molecule has 0 spiro atoms. The van der Waals surface area contributed by atoms with Crippen molar-refractivity contribution in [1.29, 1.82) is 0 Å². The molecule has 0 N–H and O–H groups in total. The molecule has 1 heterocycles. The number of Topliss-reactive ketones (excluding diaryl/α,β-unsaturated/α-hetero) is 1. The largest absolute Gasteiger partial charge is 0.349 e. The molecule has 0 saturated heterocycles. The lowest BCUT2D eigenvalue weighted by Crippen LogP contribution is -2.02. The summed E-state index contributed by atoms with van der Waals surface area (Å²) in [7, 11) is 0. The number of carbonyl (C=O) groups is 1. The number of nitrogens with zero attached hydrogens (tertiary/aromatic N) is 2. The van der Waals surface area contributed by atoms with E-state index in [-0.39, 0.29) is 11.5 Å². The Hall–Kier alpha value is -2.14. The van der Waals surface area contributed by atoms with Gasteiger partial charge in [0, 0.05) is 41.0 Å². The summed E-state index contributed by atoms with van der Waals surface area (Å²) in [5, 5.41) is 11.4. The fraction of sp³-hybridized carbons (Fsp3) is 0.267. The fourth-order valence-corrected chi connectivity index (χ4v) is 2.28. The Morgan fingerprint density at radius 2 is 2.14 bits per heavy atom. The highest BCUT2D eigenvalue weighted by atomic mass is 35.5. The third kappa shape index (κ3) is 3.70. The Kier molecular flexibility index (Phi) is 4.75. The zero-order valence-electron chi connectivity index (χ0n) is 11.6. The van der Waals surface area contributed by atoms with Gasteiger partial charge < -0.3 is 4.57 Å². The third-order valence-corrected chi connectivity index (χ3v) is 3.38.